The standard InChI is InChI=1S/C27H37NO6Si/c1-27(2,3)35(6,7)34-26-22(29-4)8-15(9-23(26)30-5)24-16-10-20-21(33-14-32-20)11-17(16)25(28)19-13-31-12-18(19)24/h8-11,18-19,24-25H,12-14,28H2,1-7H3/t18-,19-,24+,25+/m1/s1. The summed E-state index contributed by atoms with van der Waals surface area (Å²) in [5.74, 6) is 4.04. The Morgan fingerprint density at radius 1 is 0.886 bits per heavy atom. The highest BCUT2D eigenvalue weighted by atomic mass is 28.4. The fourth-order valence-electron chi connectivity index (χ4n) is 5.31. The van der Waals surface area contributed by atoms with Gasteiger partial charge < -0.3 is 33.8 Å². The lowest BCUT2D eigenvalue weighted by Crippen LogP contribution is -2.44. The Bertz CT molecular complexity index is 1100. The van der Waals surface area contributed by atoms with Gasteiger partial charge in [0.05, 0.1) is 27.4 Å². The Hall–Kier alpha value is -2.42. The van der Waals surface area contributed by atoms with Crippen LogP contribution in [0.15, 0.2) is 24.3 Å². The Labute approximate surface area is 208 Å². The summed E-state index contributed by atoms with van der Waals surface area (Å²) in [5.41, 5.74) is 10.1. The molecular weight excluding hydrogens is 462 g/mol. The highest BCUT2D eigenvalue weighted by Gasteiger charge is 2.47. The third-order valence-corrected chi connectivity index (χ3v) is 12.7. The predicted molar refractivity (Wildman–Crippen MR) is 137 cm³/mol. The third kappa shape index (κ3) is 3.95. The van der Waals surface area contributed by atoms with Gasteiger partial charge in [0.25, 0.3) is 8.32 Å². The van der Waals surface area contributed by atoms with Crippen molar-refractivity contribution in [2.75, 3.05) is 34.2 Å². The summed E-state index contributed by atoms with van der Waals surface area (Å²) >= 11 is 0. The molecule has 2 N–H and O–H groups in total. The summed E-state index contributed by atoms with van der Waals surface area (Å²) in [5, 5.41) is 0.0387. The average Bonchev–Trinajstić information content (AvgIpc) is 3.47. The topological polar surface area (TPSA) is 81.4 Å². The highest BCUT2D eigenvalue weighted by Crippen LogP contribution is 2.55. The Morgan fingerprint density at radius 3 is 2.03 bits per heavy atom. The molecular formula is C27H37NO6Si. The van der Waals surface area contributed by atoms with E-state index in [9.17, 15) is 0 Å². The van der Waals surface area contributed by atoms with E-state index in [0.717, 1.165) is 28.2 Å². The van der Waals surface area contributed by atoms with Crippen LogP contribution in [0.2, 0.25) is 18.1 Å². The van der Waals surface area contributed by atoms with Gasteiger partial charge in [-0.1, -0.05) is 20.8 Å². The van der Waals surface area contributed by atoms with Crippen molar-refractivity contribution in [2.24, 2.45) is 17.6 Å². The van der Waals surface area contributed by atoms with Crippen molar-refractivity contribution in [3.63, 3.8) is 0 Å². The molecule has 2 aromatic rings. The maximum Gasteiger partial charge on any atom is 0.250 e. The number of hydrogen-bond acceptors (Lipinski definition) is 7. The van der Waals surface area contributed by atoms with Crippen LogP contribution in [-0.2, 0) is 4.74 Å². The van der Waals surface area contributed by atoms with Crippen LogP contribution in [0.5, 0.6) is 28.7 Å². The van der Waals surface area contributed by atoms with Gasteiger partial charge in [0.1, 0.15) is 0 Å². The van der Waals surface area contributed by atoms with E-state index in [4.69, 9.17) is 33.8 Å². The molecule has 2 aliphatic heterocycles. The lowest BCUT2D eigenvalue weighted by Gasteiger charge is -2.40. The number of nitrogens with two attached hydrogens (primary N) is 1. The molecule has 7 nitrogen and oxygen atoms in total. The van der Waals surface area contributed by atoms with E-state index in [2.05, 4.69) is 52.1 Å². The van der Waals surface area contributed by atoms with E-state index >= 15 is 0 Å². The van der Waals surface area contributed by atoms with Crippen LogP contribution in [0.4, 0.5) is 0 Å². The van der Waals surface area contributed by atoms with Crippen LogP contribution in [0, 0.1) is 11.8 Å². The molecule has 0 spiro atoms. The van der Waals surface area contributed by atoms with Gasteiger partial charge in [0.15, 0.2) is 28.7 Å². The van der Waals surface area contributed by atoms with Gasteiger partial charge in [-0.3, -0.25) is 0 Å². The quantitative estimate of drug-likeness (QED) is 0.565. The fraction of sp³-hybridized carbons (Fsp3) is 0.556. The van der Waals surface area contributed by atoms with Gasteiger partial charge in [-0.25, -0.2) is 0 Å². The summed E-state index contributed by atoms with van der Waals surface area (Å²) in [7, 11) is 1.24. The van der Waals surface area contributed by atoms with Crippen molar-refractivity contribution < 1.29 is 28.1 Å². The zero-order valence-corrected chi connectivity index (χ0v) is 22.8. The molecule has 0 saturated carbocycles. The minimum absolute atomic E-state index is 0.0387. The molecule has 1 saturated heterocycles. The number of fused-ring (bicyclic) bond motifs is 3. The lowest BCUT2D eigenvalue weighted by molar-refractivity contribution is 0.173. The molecule has 2 aromatic carbocycles. The molecule has 2 heterocycles. The van der Waals surface area contributed by atoms with Gasteiger partial charge in [0, 0.05) is 17.9 Å². The molecule has 0 aromatic heterocycles. The SMILES string of the molecule is COc1cc([C@H]2c3cc4c(cc3[C@H](N)[C@@H]3COC[C@@H]23)OCO4)cc(OC)c1O[Si](C)(C)C(C)(C)C. The van der Waals surface area contributed by atoms with E-state index in [-0.39, 0.29) is 35.6 Å². The van der Waals surface area contributed by atoms with Crippen LogP contribution < -0.4 is 29.1 Å². The van der Waals surface area contributed by atoms with Crippen LogP contribution >= 0.6 is 0 Å². The molecule has 190 valence electrons. The van der Waals surface area contributed by atoms with Gasteiger partial charge in [-0.05, 0) is 65.0 Å². The van der Waals surface area contributed by atoms with Crippen LogP contribution in [-0.4, -0.2) is 42.5 Å². The summed E-state index contributed by atoms with van der Waals surface area (Å²) in [6, 6.07) is 8.21. The third-order valence-electron chi connectivity index (χ3n) is 8.34. The molecule has 0 unspecified atom stereocenters. The van der Waals surface area contributed by atoms with Crippen LogP contribution in [0.3, 0.4) is 0 Å². The predicted octanol–water partition coefficient (Wildman–Crippen LogP) is 5.22. The second-order valence-electron chi connectivity index (χ2n) is 11.3. The maximum absolute atomic E-state index is 6.77. The van der Waals surface area contributed by atoms with Gasteiger partial charge in [-0.15, -0.1) is 0 Å². The van der Waals surface area contributed by atoms with Crippen molar-refractivity contribution in [1.29, 1.82) is 0 Å². The monoisotopic (exact) mass is 499 g/mol. The van der Waals surface area contributed by atoms with Gasteiger partial charge in [0.2, 0.25) is 6.79 Å². The Morgan fingerprint density at radius 2 is 1.46 bits per heavy atom. The summed E-state index contributed by atoms with van der Waals surface area (Å²) in [6.07, 6.45) is 0. The fourth-order valence-corrected chi connectivity index (χ4v) is 6.33. The smallest absolute Gasteiger partial charge is 0.250 e. The zero-order valence-electron chi connectivity index (χ0n) is 21.8. The molecule has 0 amide bonds. The molecule has 4 atom stereocenters. The van der Waals surface area contributed by atoms with E-state index in [1.807, 2.05) is 6.07 Å². The molecule has 1 aliphatic carbocycles. The van der Waals surface area contributed by atoms with Crippen molar-refractivity contribution in [2.45, 2.75) is 50.9 Å². The second-order valence-corrected chi connectivity index (χ2v) is 16.0. The van der Waals surface area contributed by atoms with Crippen LogP contribution in [0.25, 0.3) is 0 Å². The molecule has 3 aliphatic rings. The first-order chi connectivity index (χ1) is 16.6. The van der Waals surface area contributed by atoms with Gasteiger partial charge >= 0.3 is 0 Å². The first kappa shape index (κ1) is 24.3. The number of methoxy groups -OCH3 is 2. The van der Waals surface area contributed by atoms with Crippen molar-refractivity contribution in [3.05, 3.63) is 41.0 Å². The van der Waals surface area contributed by atoms with E-state index in [1.165, 1.54) is 0 Å². The normalized spacial score (nSPS) is 25.1. The maximum atomic E-state index is 6.77. The lowest BCUT2D eigenvalue weighted by atomic mass is 9.66. The van der Waals surface area contributed by atoms with Crippen molar-refractivity contribution >= 4 is 8.32 Å². The van der Waals surface area contributed by atoms with E-state index in [0.29, 0.717) is 30.5 Å². The average molecular weight is 500 g/mol. The largest absolute Gasteiger partial charge is 0.539 e. The summed E-state index contributed by atoms with van der Waals surface area (Å²) in [4.78, 5) is 0. The Balaban J connectivity index is 1.65. The molecule has 8 heteroatoms. The summed E-state index contributed by atoms with van der Waals surface area (Å²) in [6.45, 7) is 12.6. The summed E-state index contributed by atoms with van der Waals surface area (Å²) < 4.78 is 35.8. The van der Waals surface area contributed by atoms with Crippen molar-refractivity contribution in [3.8, 4) is 28.7 Å². The Kier molecular flexibility index (Phi) is 5.97. The molecule has 0 radical (unpaired) electrons. The molecule has 35 heavy (non-hydrogen) atoms. The van der Waals surface area contributed by atoms with Crippen LogP contribution in [0.1, 0.15) is 49.4 Å². The molecule has 5 rings (SSSR count). The molecule has 0 bridgehead atoms. The van der Waals surface area contributed by atoms with E-state index in [1.54, 1.807) is 14.2 Å². The number of ether oxygens (including phenoxy) is 5. The van der Waals surface area contributed by atoms with Crippen molar-refractivity contribution in [1.82, 2.24) is 0 Å². The highest BCUT2D eigenvalue weighted by molar-refractivity contribution is 6.74. The van der Waals surface area contributed by atoms with Gasteiger partial charge in [-0.2, -0.15) is 0 Å². The minimum Gasteiger partial charge on any atom is -0.539 e. The zero-order chi connectivity index (χ0) is 25.1. The number of benzene rings is 2. The van der Waals surface area contributed by atoms with E-state index < -0.39 is 8.32 Å². The number of rotatable bonds is 5. The minimum atomic E-state index is -2.12. The number of hydrogen-bond donors (Lipinski definition) is 1. The second kappa shape index (κ2) is 8.60. The molecule has 1 fully saturated rings. The first-order valence-corrected chi connectivity index (χ1v) is 15.2. The first-order valence-electron chi connectivity index (χ1n) is 12.3.